The molecule has 46 heavy (non-hydrogen) atoms. The second kappa shape index (κ2) is 15.4. The van der Waals surface area contributed by atoms with Gasteiger partial charge in [0.25, 0.3) is 10.0 Å². The van der Waals surface area contributed by atoms with Gasteiger partial charge in [0.2, 0.25) is 11.8 Å². The molecule has 0 bridgehead atoms. The standard InChI is InChI=1S/C36H39ClFN3O4S/c1-5-27(4)39-36(43)34(22-28-9-7-6-8-10-28)40(23-29-13-16-31(38)17-14-29)35(42)24-41(33-20-15-30(37)21-26(33)3)46(44,45)32-18-11-25(2)12-19-32/h6-21,27,34H,5,22-24H2,1-4H3,(H,39,43)/t27-,34-/m1/s1. The highest BCUT2D eigenvalue weighted by molar-refractivity contribution is 7.92. The highest BCUT2D eigenvalue weighted by atomic mass is 35.5. The minimum absolute atomic E-state index is 0.0145. The number of halogens is 2. The molecule has 0 aromatic heterocycles. The predicted octanol–water partition coefficient (Wildman–Crippen LogP) is 6.85. The molecule has 0 spiro atoms. The fourth-order valence-corrected chi connectivity index (χ4v) is 6.74. The third kappa shape index (κ3) is 8.73. The summed E-state index contributed by atoms with van der Waals surface area (Å²) >= 11 is 6.22. The van der Waals surface area contributed by atoms with Crippen LogP contribution in [-0.2, 0) is 32.6 Å². The molecule has 0 unspecified atom stereocenters. The smallest absolute Gasteiger partial charge is 0.264 e. The van der Waals surface area contributed by atoms with E-state index in [0.29, 0.717) is 22.6 Å². The van der Waals surface area contributed by atoms with Crippen LogP contribution in [0.3, 0.4) is 0 Å². The molecule has 0 fully saturated rings. The Morgan fingerprint density at radius 1 is 0.891 bits per heavy atom. The first-order chi connectivity index (χ1) is 21.9. The molecule has 0 saturated heterocycles. The molecule has 242 valence electrons. The fraction of sp³-hybridized carbons (Fsp3) is 0.278. The summed E-state index contributed by atoms with van der Waals surface area (Å²) in [6, 6.07) is 25.0. The number of sulfonamides is 1. The number of nitrogens with one attached hydrogen (secondary N) is 1. The Morgan fingerprint density at radius 2 is 1.54 bits per heavy atom. The van der Waals surface area contributed by atoms with Crippen LogP contribution in [0.2, 0.25) is 5.02 Å². The number of benzene rings is 4. The number of hydrogen-bond acceptors (Lipinski definition) is 4. The Hall–Kier alpha value is -4.21. The lowest BCUT2D eigenvalue weighted by atomic mass is 10.0. The molecule has 0 aliphatic heterocycles. The number of hydrogen-bond donors (Lipinski definition) is 1. The quantitative estimate of drug-likeness (QED) is 0.170. The van der Waals surface area contributed by atoms with Gasteiger partial charge in [-0.15, -0.1) is 0 Å². The van der Waals surface area contributed by atoms with Gasteiger partial charge in [-0.3, -0.25) is 13.9 Å². The Labute approximate surface area is 276 Å². The first kappa shape index (κ1) is 34.7. The second-order valence-electron chi connectivity index (χ2n) is 11.4. The SMILES string of the molecule is CC[C@@H](C)NC(=O)[C@@H](Cc1ccccc1)N(Cc1ccc(F)cc1)C(=O)CN(c1ccc(Cl)cc1C)S(=O)(=O)c1ccc(C)cc1. The average Bonchev–Trinajstić information content (AvgIpc) is 3.03. The van der Waals surface area contributed by atoms with Gasteiger partial charge in [-0.05, 0) is 86.3 Å². The highest BCUT2D eigenvalue weighted by Gasteiger charge is 2.35. The van der Waals surface area contributed by atoms with Crippen LogP contribution in [0.5, 0.6) is 0 Å². The van der Waals surface area contributed by atoms with E-state index in [4.69, 9.17) is 11.6 Å². The van der Waals surface area contributed by atoms with Crippen molar-refractivity contribution >= 4 is 39.1 Å². The minimum Gasteiger partial charge on any atom is -0.352 e. The number of nitrogens with zero attached hydrogens (tertiary/aromatic N) is 2. The van der Waals surface area contributed by atoms with Crippen molar-refractivity contribution in [1.29, 1.82) is 0 Å². The lowest BCUT2D eigenvalue weighted by Crippen LogP contribution is -2.54. The summed E-state index contributed by atoms with van der Waals surface area (Å²) in [7, 11) is -4.25. The van der Waals surface area contributed by atoms with Crippen molar-refractivity contribution in [3.8, 4) is 0 Å². The fourth-order valence-electron chi connectivity index (χ4n) is 5.03. The Balaban J connectivity index is 1.83. The zero-order valence-electron chi connectivity index (χ0n) is 26.4. The number of anilines is 1. The van der Waals surface area contributed by atoms with Gasteiger partial charge in [0, 0.05) is 24.0 Å². The van der Waals surface area contributed by atoms with E-state index in [0.717, 1.165) is 15.4 Å². The van der Waals surface area contributed by atoms with Crippen molar-refractivity contribution in [2.24, 2.45) is 0 Å². The molecular weight excluding hydrogens is 625 g/mol. The van der Waals surface area contributed by atoms with Gasteiger partial charge in [0.1, 0.15) is 18.4 Å². The molecule has 10 heteroatoms. The zero-order valence-corrected chi connectivity index (χ0v) is 28.0. The molecule has 0 saturated carbocycles. The van der Waals surface area contributed by atoms with E-state index in [9.17, 15) is 22.4 Å². The van der Waals surface area contributed by atoms with Gasteiger partial charge in [0.15, 0.2) is 0 Å². The molecule has 1 N–H and O–H groups in total. The number of carbonyl (C=O) groups is 2. The topological polar surface area (TPSA) is 86.8 Å². The van der Waals surface area contributed by atoms with E-state index in [-0.39, 0.29) is 35.5 Å². The van der Waals surface area contributed by atoms with Gasteiger partial charge in [-0.1, -0.05) is 78.7 Å². The van der Waals surface area contributed by atoms with E-state index < -0.39 is 34.3 Å². The molecule has 0 heterocycles. The highest BCUT2D eigenvalue weighted by Crippen LogP contribution is 2.30. The number of aryl methyl sites for hydroxylation is 2. The summed E-state index contributed by atoms with van der Waals surface area (Å²) in [5.41, 5.74) is 3.12. The maximum atomic E-state index is 14.5. The number of rotatable bonds is 13. The van der Waals surface area contributed by atoms with Crippen LogP contribution in [-0.4, -0.2) is 43.8 Å². The second-order valence-corrected chi connectivity index (χ2v) is 13.7. The zero-order chi connectivity index (χ0) is 33.4. The van der Waals surface area contributed by atoms with E-state index in [1.165, 1.54) is 29.2 Å². The first-order valence-electron chi connectivity index (χ1n) is 15.1. The summed E-state index contributed by atoms with van der Waals surface area (Å²) < 4.78 is 43.4. The molecule has 4 aromatic rings. The summed E-state index contributed by atoms with van der Waals surface area (Å²) in [6.45, 7) is 6.75. The van der Waals surface area contributed by atoms with Crippen molar-refractivity contribution in [3.63, 3.8) is 0 Å². The van der Waals surface area contributed by atoms with Crippen LogP contribution in [0.25, 0.3) is 0 Å². The van der Waals surface area contributed by atoms with Gasteiger partial charge in [-0.25, -0.2) is 12.8 Å². The Bertz CT molecular complexity index is 1750. The summed E-state index contributed by atoms with van der Waals surface area (Å²) in [5.74, 6) is -1.41. The molecule has 4 rings (SSSR count). The minimum atomic E-state index is -4.25. The van der Waals surface area contributed by atoms with Crippen molar-refractivity contribution < 1.29 is 22.4 Å². The van der Waals surface area contributed by atoms with Crippen molar-refractivity contribution in [3.05, 3.63) is 130 Å². The Kier molecular flexibility index (Phi) is 11.6. The van der Waals surface area contributed by atoms with E-state index >= 15 is 0 Å². The van der Waals surface area contributed by atoms with Crippen LogP contribution >= 0.6 is 11.6 Å². The largest absolute Gasteiger partial charge is 0.352 e. The Morgan fingerprint density at radius 3 is 2.15 bits per heavy atom. The van der Waals surface area contributed by atoms with E-state index in [1.54, 1.807) is 49.4 Å². The maximum Gasteiger partial charge on any atom is 0.264 e. The molecule has 7 nitrogen and oxygen atoms in total. The van der Waals surface area contributed by atoms with E-state index in [2.05, 4.69) is 5.32 Å². The molecule has 0 aliphatic carbocycles. The summed E-state index contributed by atoms with van der Waals surface area (Å²) in [5, 5.41) is 3.42. The predicted molar refractivity (Wildman–Crippen MR) is 181 cm³/mol. The lowest BCUT2D eigenvalue weighted by molar-refractivity contribution is -0.140. The van der Waals surface area contributed by atoms with Crippen molar-refractivity contribution in [2.45, 2.75) is 64.1 Å². The van der Waals surface area contributed by atoms with Crippen LogP contribution in [0.4, 0.5) is 10.1 Å². The lowest BCUT2D eigenvalue weighted by Gasteiger charge is -2.34. The van der Waals surface area contributed by atoms with Gasteiger partial charge in [-0.2, -0.15) is 0 Å². The molecule has 2 amide bonds. The molecular formula is C36H39ClFN3O4S. The van der Waals surface area contributed by atoms with E-state index in [1.807, 2.05) is 51.1 Å². The van der Waals surface area contributed by atoms with Crippen LogP contribution < -0.4 is 9.62 Å². The normalized spacial score (nSPS) is 12.7. The van der Waals surface area contributed by atoms with Crippen LogP contribution in [0.15, 0.2) is 102 Å². The number of carbonyl (C=O) groups excluding carboxylic acids is 2. The molecule has 2 atom stereocenters. The molecule has 0 radical (unpaired) electrons. The van der Waals surface area contributed by atoms with Crippen LogP contribution in [0.1, 0.15) is 42.5 Å². The van der Waals surface area contributed by atoms with Crippen molar-refractivity contribution in [1.82, 2.24) is 10.2 Å². The first-order valence-corrected chi connectivity index (χ1v) is 16.9. The summed E-state index contributed by atoms with van der Waals surface area (Å²) in [4.78, 5) is 29.8. The molecule has 4 aromatic carbocycles. The monoisotopic (exact) mass is 663 g/mol. The van der Waals surface area contributed by atoms with Gasteiger partial charge in [0.05, 0.1) is 10.6 Å². The molecule has 0 aliphatic rings. The van der Waals surface area contributed by atoms with Gasteiger partial charge < -0.3 is 10.2 Å². The number of amides is 2. The van der Waals surface area contributed by atoms with Gasteiger partial charge >= 0.3 is 0 Å². The summed E-state index contributed by atoms with van der Waals surface area (Å²) in [6.07, 6.45) is 0.856. The van der Waals surface area contributed by atoms with Crippen LogP contribution in [0, 0.1) is 19.7 Å². The third-order valence-corrected chi connectivity index (χ3v) is 9.86. The third-order valence-electron chi connectivity index (χ3n) is 7.85. The maximum absolute atomic E-state index is 14.5. The van der Waals surface area contributed by atoms with Crippen molar-refractivity contribution in [2.75, 3.05) is 10.8 Å². The average molecular weight is 664 g/mol.